The summed E-state index contributed by atoms with van der Waals surface area (Å²) in [6, 6.07) is 10.2. The molecule has 1 aliphatic carbocycles. The maximum Gasteiger partial charge on any atom is 0.194 e. The van der Waals surface area contributed by atoms with Gasteiger partial charge in [0.1, 0.15) is 5.82 Å². The summed E-state index contributed by atoms with van der Waals surface area (Å²) in [7, 11) is 1.98. The fraction of sp³-hybridized carbons (Fsp3) is 0.474. The summed E-state index contributed by atoms with van der Waals surface area (Å²) in [5.41, 5.74) is 1.53. The largest absolute Gasteiger partial charge is 0.388 e. The van der Waals surface area contributed by atoms with Crippen molar-refractivity contribution in [1.29, 1.82) is 0 Å². The van der Waals surface area contributed by atoms with Crippen LogP contribution in [0.5, 0.6) is 0 Å². The van der Waals surface area contributed by atoms with Crippen molar-refractivity contribution in [3.63, 3.8) is 0 Å². The van der Waals surface area contributed by atoms with Crippen molar-refractivity contribution in [2.75, 3.05) is 20.1 Å². The van der Waals surface area contributed by atoms with E-state index < -0.39 is 5.60 Å². The van der Waals surface area contributed by atoms with Gasteiger partial charge in [-0.25, -0.2) is 4.98 Å². The third-order valence-corrected chi connectivity index (χ3v) is 4.60. The average molecular weight is 469 g/mol. The summed E-state index contributed by atoms with van der Waals surface area (Å²) in [4.78, 5) is 14.5. The molecule has 6 nitrogen and oxygen atoms in total. The van der Waals surface area contributed by atoms with E-state index >= 15 is 0 Å². The number of hydrogen-bond donors (Lipinski definition) is 3. The highest BCUT2D eigenvalue weighted by Gasteiger charge is 2.34. The molecule has 1 aromatic carbocycles. The number of benzene rings is 1. The van der Waals surface area contributed by atoms with E-state index in [-0.39, 0.29) is 24.0 Å². The lowest BCUT2D eigenvalue weighted by Gasteiger charge is -2.35. The Morgan fingerprint density at radius 2 is 2.08 bits per heavy atom. The smallest absolute Gasteiger partial charge is 0.194 e. The molecule has 1 aliphatic rings. The molecule has 0 bridgehead atoms. The molecule has 0 spiro atoms. The molecule has 1 aromatic heterocycles. The second kappa shape index (κ2) is 9.36. The van der Waals surface area contributed by atoms with Gasteiger partial charge in [-0.2, -0.15) is 0 Å². The molecule has 0 amide bonds. The van der Waals surface area contributed by atoms with Crippen molar-refractivity contribution >= 4 is 29.9 Å². The van der Waals surface area contributed by atoms with Crippen molar-refractivity contribution in [3.8, 4) is 11.3 Å². The van der Waals surface area contributed by atoms with Gasteiger partial charge < -0.3 is 20.3 Å². The van der Waals surface area contributed by atoms with E-state index in [1.807, 2.05) is 43.3 Å². The lowest BCUT2D eigenvalue weighted by molar-refractivity contribution is -0.0237. The fourth-order valence-electron chi connectivity index (χ4n) is 2.94. The van der Waals surface area contributed by atoms with Crippen LogP contribution < -0.4 is 5.32 Å². The monoisotopic (exact) mass is 469 g/mol. The van der Waals surface area contributed by atoms with Gasteiger partial charge in [0, 0.05) is 13.6 Å². The maximum absolute atomic E-state index is 10.3. The number of aromatic amines is 1. The van der Waals surface area contributed by atoms with Gasteiger partial charge in [-0.05, 0) is 31.7 Å². The van der Waals surface area contributed by atoms with Gasteiger partial charge in [-0.15, -0.1) is 24.0 Å². The normalized spacial score (nSPS) is 15.7. The molecular formula is C19H28IN5O. The SMILES string of the molecule is CCNC(=NCC1(O)CCC1)N(C)Cc1ncc(-c2ccccc2)[nH]1.I. The van der Waals surface area contributed by atoms with Gasteiger partial charge >= 0.3 is 0 Å². The highest BCUT2D eigenvalue weighted by atomic mass is 127. The van der Waals surface area contributed by atoms with E-state index in [0.717, 1.165) is 48.8 Å². The number of aliphatic hydroxyl groups is 1. The molecule has 26 heavy (non-hydrogen) atoms. The number of hydrogen-bond acceptors (Lipinski definition) is 3. The Morgan fingerprint density at radius 1 is 1.35 bits per heavy atom. The number of imidazole rings is 1. The fourth-order valence-corrected chi connectivity index (χ4v) is 2.94. The Hall–Kier alpha value is -1.61. The molecule has 7 heteroatoms. The summed E-state index contributed by atoms with van der Waals surface area (Å²) in [6.45, 7) is 3.90. The van der Waals surface area contributed by atoms with Crippen molar-refractivity contribution in [1.82, 2.24) is 20.2 Å². The van der Waals surface area contributed by atoms with Crippen molar-refractivity contribution in [2.24, 2.45) is 4.99 Å². The van der Waals surface area contributed by atoms with Gasteiger partial charge in [0.05, 0.1) is 30.6 Å². The molecular weight excluding hydrogens is 441 g/mol. The summed E-state index contributed by atoms with van der Waals surface area (Å²) >= 11 is 0. The Kier molecular flexibility index (Phi) is 7.45. The number of nitrogens with one attached hydrogen (secondary N) is 2. The zero-order valence-corrected chi connectivity index (χ0v) is 17.7. The highest BCUT2D eigenvalue weighted by Crippen LogP contribution is 2.31. The maximum atomic E-state index is 10.3. The first-order chi connectivity index (χ1) is 12.1. The van der Waals surface area contributed by atoms with E-state index in [0.29, 0.717) is 13.1 Å². The first kappa shape index (κ1) is 20.7. The second-order valence-electron chi connectivity index (χ2n) is 6.71. The molecule has 2 aromatic rings. The van der Waals surface area contributed by atoms with Crippen molar-refractivity contribution < 1.29 is 5.11 Å². The van der Waals surface area contributed by atoms with Crippen LogP contribution in [0.2, 0.25) is 0 Å². The number of halogens is 1. The zero-order chi connectivity index (χ0) is 17.7. The Morgan fingerprint density at radius 3 is 2.69 bits per heavy atom. The number of nitrogens with zero attached hydrogens (tertiary/aromatic N) is 3. The van der Waals surface area contributed by atoms with E-state index in [1.54, 1.807) is 0 Å². The topological polar surface area (TPSA) is 76.5 Å². The van der Waals surface area contributed by atoms with Crippen LogP contribution in [0.1, 0.15) is 32.0 Å². The first-order valence-electron chi connectivity index (χ1n) is 8.91. The first-order valence-corrected chi connectivity index (χ1v) is 8.91. The third kappa shape index (κ3) is 5.20. The molecule has 0 unspecified atom stereocenters. The summed E-state index contributed by atoms with van der Waals surface area (Å²) in [5.74, 6) is 1.68. The predicted molar refractivity (Wildman–Crippen MR) is 116 cm³/mol. The number of H-pyrrole nitrogens is 1. The molecule has 1 fully saturated rings. The van der Waals surface area contributed by atoms with E-state index in [1.165, 1.54) is 0 Å². The Balaban J connectivity index is 0.00000243. The molecule has 3 rings (SSSR count). The van der Waals surface area contributed by atoms with E-state index in [4.69, 9.17) is 0 Å². The Bertz CT molecular complexity index is 712. The van der Waals surface area contributed by atoms with Gasteiger partial charge in [-0.1, -0.05) is 30.3 Å². The lowest BCUT2D eigenvalue weighted by atomic mass is 9.80. The molecule has 3 N–H and O–H groups in total. The van der Waals surface area contributed by atoms with Gasteiger partial charge in [-0.3, -0.25) is 4.99 Å². The van der Waals surface area contributed by atoms with Crippen molar-refractivity contribution in [2.45, 2.75) is 38.3 Å². The third-order valence-electron chi connectivity index (χ3n) is 4.60. The van der Waals surface area contributed by atoms with Crippen LogP contribution in [-0.2, 0) is 6.54 Å². The minimum atomic E-state index is -0.604. The minimum Gasteiger partial charge on any atom is -0.388 e. The van der Waals surface area contributed by atoms with Crippen LogP contribution in [0.4, 0.5) is 0 Å². The van der Waals surface area contributed by atoms with Crippen LogP contribution in [0.15, 0.2) is 41.5 Å². The quantitative estimate of drug-likeness (QED) is 0.346. The van der Waals surface area contributed by atoms with E-state index in [9.17, 15) is 5.11 Å². The Labute approximate surface area is 172 Å². The number of aromatic nitrogens is 2. The molecule has 0 atom stereocenters. The predicted octanol–water partition coefficient (Wildman–Crippen LogP) is 3.01. The standard InChI is InChI=1S/C19H27N5O.HI/c1-3-20-18(22-14-19(25)10-7-11-19)24(2)13-17-21-12-16(23-17)15-8-5-4-6-9-15;/h4-6,8-9,12,25H,3,7,10-11,13-14H2,1-2H3,(H,20,22)(H,21,23);1H. The second-order valence-corrected chi connectivity index (χ2v) is 6.71. The van der Waals surface area contributed by atoms with Crippen LogP contribution >= 0.6 is 24.0 Å². The van der Waals surface area contributed by atoms with Crippen LogP contribution in [0.3, 0.4) is 0 Å². The minimum absolute atomic E-state index is 0. The molecule has 1 saturated carbocycles. The number of guanidine groups is 1. The van der Waals surface area contributed by atoms with Crippen molar-refractivity contribution in [3.05, 3.63) is 42.4 Å². The van der Waals surface area contributed by atoms with Crippen LogP contribution in [-0.4, -0.2) is 51.7 Å². The molecule has 0 aliphatic heterocycles. The van der Waals surface area contributed by atoms with Gasteiger partial charge in [0.15, 0.2) is 5.96 Å². The zero-order valence-electron chi connectivity index (χ0n) is 15.4. The van der Waals surface area contributed by atoms with E-state index in [2.05, 4.69) is 32.4 Å². The molecule has 0 saturated heterocycles. The van der Waals surface area contributed by atoms with Gasteiger partial charge in [0.25, 0.3) is 0 Å². The van der Waals surface area contributed by atoms with Gasteiger partial charge in [0.2, 0.25) is 0 Å². The van der Waals surface area contributed by atoms with Crippen LogP contribution in [0.25, 0.3) is 11.3 Å². The van der Waals surface area contributed by atoms with Crippen LogP contribution in [0, 0.1) is 0 Å². The number of aliphatic imine (C=N–C) groups is 1. The number of rotatable bonds is 6. The summed E-state index contributed by atoms with van der Waals surface area (Å²) in [6.07, 6.45) is 4.64. The highest BCUT2D eigenvalue weighted by molar-refractivity contribution is 14.0. The summed E-state index contributed by atoms with van der Waals surface area (Å²) < 4.78 is 0. The summed E-state index contributed by atoms with van der Waals surface area (Å²) in [5, 5.41) is 13.5. The molecule has 142 valence electrons. The lowest BCUT2D eigenvalue weighted by Crippen LogP contribution is -2.43. The average Bonchev–Trinajstić information content (AvgIpc) is 3.06. The molecule has 0 radical (unpaired) electrons. The molecule has 1 heterocycles.